The molecule has 0 bridgehead atoms. The second-order valence-corrected chi connectivity index (χ2v) is 4.31. The number of carbonyl (C=O) groups is 1. The van der Waals surface area contributed by atoms with Crippen LogP contribution in [0, 0.1) is 6.92 Å². The molecule has 5 heteroatoms. The molecule has 2 N–H and O–H groups in total. The van der Waals surface area contributed by atoms with E-state index in [-0.39, 0.29) is 6.04 Å². The summed E-state index contributed by atoms with van der Waals surface area (Å²) in [5.74, 6) is 0. The van der Waals surface area contributed by atoms with E-state index in [2.05, 4.69) is 10.00 Å². The van der Waals surface area contributed by atoms with E-state index >= 15 is 0 Å². The summed E-state index contributed by atoms with van der Waals surface area (Å²) < 4.78 is 1.87. The first kappa shape index (κ1) is 12.7. The molecule has 1 heterocycles. The van der Waals surface area contributed by atoms with Crippen LogP contribution in [-0.2, 0) is 4.79 Å². The topological polar surface area (TPSA) is 64.2 Å². The quantitative estimate of drug-likeness (QED) is 0.728. The number of aromatic nitrogens is 2. The van der Waals surface area contributed by atoms with Crippen LogP contribution in [0.15, 0.2) is 6.20 Å². The SMILES string of the molecule is Cc1nn(C(CCC=O)CN(C)C)cc1N. The molecule has 16 heavy (non-hydrogen) atoms. The zero-order valence-electron chi connectivity index (χ0n) is 10.2. The van der Waals surface area contributed by atoms with Gasteiger partial charge < -0.3 is 15.4 Å². The lowest BCUT2D eigenvalue weighted by Crippen LogP contribution is -2.25. The van der Waals surface area contributed by atoms with Crippen LogP contribution in [0.4, 0.5) is 5.69 Å². The summed E-state index contributed by atoms with van der Waals surface area (Å²) in [6.07, 6.45) is 4.14. The van der Waals surface area contributed by atoms with Gasteiger partial charge in [0.15, 0.2) is 0 Å². The summed E-state index contributed by atoms with van der Waals surface area (Å²) in [6.45, 7) is 2.74. The van der Waals surface area contributed by atoms with Gasteiger partial charge in [0.1, 0.15) is 6.29 Å². The van der Waals surface area contributed by atoms with Crippen LogP contribution in [0.25, 0.3) is 0 Å². The Morgan fingerprint density at radius 2 is 2.31 bits per heavy atom. The van der Waals surface area contributed by atoms with Crippen LogP contribution < -0.4 is 5.73 Å². The molecule has 1 aromatic rings. The first-order chi connectivity index (χ1) is 7.54. The molecule has 0 spiro atoms. The molecule has 0 saturated heterocycles. The van der Waals surface area contributed by atoms with Crippen molar-refractivity contribution >= 4 is 12.0 Å². The summed E-state index contributed by atoms with van der Waals surface area (Å²) in [4.78, 5) is 12.5. The summed E-state index contributed by atoms with van der Waals surface area (Å²) in [6, 6.07) is 0.205. The van der Waals surface area contributed by atoms with Gasteiger partial charge in [0.25, 0.3) is 0 Å². The van der Waals surface area contributed by atoms with Crippen molar-refractivity contribution in [3.05, 3.63) is 11.9 Å². The fraction of sp³-hybridized carbons (Fsp3) is 0.636. The van der Waals surface area contributed by atoms with Gasteiger partial charge in [0, 0.05) is 19.2 Å². The maximum atomic E-state index is 10.4. The van der Waals surface area contributed by atoms with Crippen molar-refractivity contribution in [3.8, 4) is 0 Å². The van der Waals surface area contributed by atoms with Gasteiger partial charge in [0.2, 0.25) is 0 Å². The molecule has 5 nitrogen and oxygen atoms in total. The van der Waals surface area contributed by atoms with E-state index in [9.17, 15) is 4.79 Å². The van der Waals surface area contributed by atoms with Crippen molar-refractivity contribution in [1.82, 2.24) is 14.7 Å². The van der Waals surface area contributed by atoms with Crippen LogP contribution in [-0.4, -0.2) is 41.6 Å². The minimum absolute atomic E-state index is 0.205. The number of nitrogen functional groups attached to an aromatic ring is 1. The molecule has 0 fully saturated rings. The third-order valence-corrected chi connectivity index (χ3v) is 2.52. The summed E-state index contributed by atoms with van der Waals surface area (Å²) in [7, 11) is 4.02. The molecule has 0 aliphatic rings. The smallest absolute Gasteiger partial charge is 0.120 e. The Bertz CT molecular complexity index is 326. The number of rotatable bonds is 6. The maximum Gasteiger partial charge on any atom is 0.120 e. The molecule has 0 aliphatic heterocycles. The standard InChI is InChI=1S/C11H20N4O/c1-9-11(12)8-15(13-9)10(5-4-6-16)7-14(2)3/h6,8,10H,4-5,7,12H2,1-3H3. The second-order valence-electron chi connectivity index (χ2n) is 4.31. The lowest BCUT2D eigenvalue weighted by Gasteiger charge is -2.20. The van der Waals surface area contributed by atoms with Gasteiger partial charge in [-0.3, -0.25) is 4.68 Å². The van der Waals surface area contributed by atoms with E-state index in [1.165, 1.54) is 0 Å². The Morgan fingerprint density at radius 1 is 1.62 bits per heavy atom. The maximum absolute atomic E-state index is 10.4. The van der Waals surface area contributed by atoms with Gasteiger partial charge in [-0.2, -0.15) is 5.10 Å². The molecule has 0 saturated carbocycles. The number of anilines is 1. The lowest BCUT2D eigenvalue weighted by molar-refractivity contribution is -0.108. The van der Waals surface area contributed by atoms with Gasteiger partial charge in [-0.05, 0) is 27.4 Å². The van der Waals surface area contributed by atoms with Gasteiger partial charge in [-0.25, -0.2) is 0 Å². The average Bonchev–Trinajstić information content (AvgIpc) is 2.53. The number of aldehydes is 1. The van der Waals surface area contributed by atoms with Gasteiger partial charge in [0.05, 0.1) is 17.4 Å². The first-order valence-corrected chi connectivity index (χ1v) is 5.44. The Labute approximate surface area is 96.2 Å². The van der Waals surface area contributed by atoms with Crippen LogP contribution in [0.5, 0.6) is 0 Å². The van der Waals surface area contributed by atoms with E-state index in [4.69, 9.17) is 5.73 Å². The molecule has 0 aliphatic carbocycles. The van der Waals surface area contributed by atoms with Crippen molar-refractivity contribution < 1.29 is 4.79 Å². The fourth-order valence-electron chi connectivity index (χ4n) is 1.67. The molecule has 1 unspecified atom stereocenters. The average molecular weight is 224 g/mol. The Hall–Kier alpha value is -1.36. The van der Waals surface area contributed by atoms with Gasteiger partial charge in [-0.1, -0.05) is 0 Å². The fourth-order valence-corrected chi connectivity index (χ4v) is 1.67. The zero-order chi connectivity index (χ0) is 12.1. The number of nitrogens with zero attached hydrogens (tertiary/aromatic N) is 3. The number of hydrogen-bond donors (Lipinski definition) is 1. The van der Waals surface area contributed by atoms with Crippen molar-refractivity contribution in [2.24, 2.45) is 0 Å². The highest BCUT2D eigenvalue weighted by Gasteiger charge is 2.14. The Kier molecular flexibility index (Phi) is 4.49. The molecular weight excluding hydrogens is 204 g/mol. The van der Waals surface area contributed by atoms with E-state index in [1.54, 1.807) is 0 Å². The van der Waals surface area contributed by atoms with Crippen molar-refractivity contribution in [1.29, 1.82) is 0 Å². The van der Waals surface area contributed by atoms with Crippen LogP contribution >= 0.6 is 0 Å². The number of likely N-dealkylation sites (N-methyl/N-ethyl adjacent to an activating group) is 1. The number of aryl methyl sites for hydroxylation is 1. The second kappa shape index (κ2) is 5.65. The van der Waals surface area contributed by atoms with Crippen LogP contribution in [0.3, 0.4) is 0 Å². The largest absolute Gasteiger partial charge is 0.396 e. The summed E-state index contributed by atoms with van der Waals surface area (Å²) >= 11 is 0. The normalized spacial score (nSPS) is 13.0. The summed E-state index contributed by atoms with van der Waals surface area (Å²) in [5.41, 5.74) is 7.32. The highest BCUT2D eigenvalue weighted by molar-refractivity contribution is 5.49. The molecule has 0 radical (unpaired) electrons. The molecule has 90 valence electrons. The van der Waals surface area contributed by atoms with Crippen molar-refractivity contribution in [3.63, 3.8) is 0 Å². The molecule has 0 amide bonds. The van der Waals surface area contributed by atoms with E-state index in [0.29, 0.717) is 12.1 Å². The molecule has 0 aromatic carbocycles. The third kappa shape index (κ3) is 3.34. The highest BCUT2D eigenvalue weighted by Crippen LogP contribution is 2.17. The zero-order valence-corrected chi connectivity index (χ0v) is 10.2. The molecular formula is C11H20N4O. The van der Waals surface area contributed by atoms with E-state index < -0.39 is 0 Å². The minimum atomic E-state index is 0.205. The van der Waals surface area contributed by atoms with Gasteiger partial charge in [-0.15, -0.1) is 0 Å². The first-order valence-electron chi connectivity index (χ1n) is 5.44. The Balaban J connectivity index is 2.77. The van der Waals surface area contributed by atoms with Crippen molar-refractivity contribution in [2.45, 2.75) is 25.8 Å². The molecule has 1 rings (SSSR count). The Morgan fingerprint density at radius 3 is 2.75 bits per heavy atom. The molecule has 1 atom stereocenters. The monoisotopic (exact) mass is 224 g/mol. The van der Waals surface area contributed by atoms with E-state index in [1.807, 2.05) is 31.9 Å². The van der Waals surface area contributed by atoms with Gasteiger partial charge >= 0.3 is 0 Å². The van der Waals surface area contributed by atoms with E-state index in [0.717, 1.165) is 24.9 Å². The predicted molar refractivity (Wildman–Crippen MR) is 64.3 cm³/mol. The number of hydrogen-bond acceptors (Lipinski definition) is 4. The molecule has 1 aromatic heterocycles. The third-order valence-electron chi connectivity index (χ3n) is 2.52. The van der Waals surface area contributed by atoms with Crippen molar-refractivity contribution in [2.75, 3.05) is 26.4 Å². The minimum Gasteiger partial charge on any atom is -0.396 e. The van der Waals surface area contributed by atoms with Crippen LogP contribution in [0.2, 0.25) is 0 Å². The number of nitrogens with two attached hydrogens (primary N) is 1. The number of carbonyl (C=O) groups excluding carboxylic acids is 1. The highest BCUT2D eigenvalue weighted by atomic mass is 16.1. The van der Waals surface area contributed by atoms with Crippen LogP contribution in [0.1, 0.15) is 24.6 Å². The summed E-state index contributed by atoms with van der Waals surface area (Å²) in [5, 5.41) is 4.37. The predicted octanol–water partition coefficient (Wildman–Crippen LogP) is 0.856. The lowest BCUT2D eigenvalue weighted by atomic mass is 10.1.